The Morgan fingerprint density at radius 1 is 1.52 bits per heavy atom. The first kappa shape index (κ1) is 20.7. The molecule has 4 N–H and O–H groups in total. The maximum atomic E-state index is 13.4. The van der Waals surface area contributed by atoms with Gasteiger partial charge in [-0.2, -0.15) is 8.42 Å². The quantitative estimate of drug-likeness (QED) is 0.493. The summed E-state index contributed by atoms with van der Waals surface area (Å²) in [5.74, 6) is 0.0361. The molecule has 0 fully saturated rings. The Bertz CT molecular complexity index is 878. The molecule has 11 nitrogen and oxygen atoms in total. The molecule has 2 rings (SSSR count). The normalized spacial score (nSPS) is 16.4. The Morgan fingerprint density at radius 3 is 2.85 bits per heavy atom. The van der Waals surface area contributed by atoms with E-state index in [4.69, 9.17) is 16.3 Å². The van der Waals surface area contributed by atoms with Crippen molar-refractivity contribution in [2.75, 3.05) is 7.11 Å². The van der Waals surface area contributed by atoms with Crippen molar-refractivity contribution in [1.82, 2.24) is 25.8 Å². The van der Waals surface area contributed by atoms with Gasteiger partial charge in [0.25, 0.3) is 10.0 Å². The van der Waals surface area contributed by atoms with Gasteiger partial charge < -0.3 is 9.84 Å². The van der Waals surface area contributed by atoms with E-state index in [0.29, 0.717) is 5.23 Å². The third kappa shape index (κ3) is 5.18. The first-order valence-corrected chi connectivity index (χ1v) is 9.17. The first-order chi connectivity index (χ1) is 12.6. The zero-order valence-electron chi connectivity index (χ0n) is 14.1. The number of pyridine rings is 1. The molecule has 14 heteroatoms. The van der Waals surface area contributed by atoms with Gasteiger partial charge in [-0.1, -0.05) is 22.8 Å². The lowest BCUT2D eigenvalue weighted by Gasteiger charge is -2.24. The molecule has 27 heavy (non-hydrogen) atoms. The molecule has 1 aromatic rings. The third-order valence-corrected chi connectivity index (χ3v) is 4.61. The van der Waals surface area contributed by atoms with Gasteiger partial charge in [-0.05, 0) is 13.0 Å². The van der Waals surface area contributed by atoms with E-state index in [-0.39, 0.29) is 16.6 Å². The summed E-state index contributed by atoms with van der Waals surface area (Å²) in [5.41, 5.74) is 4.15. The van der Waals surface area contributed by atoms with Gasteiger partial charge in [0, 0.05) is 17.8 Å². The van der Waals surface area contributed by atoms with E-state index in [2.05, 4.69) is 15.5 Å². The molecule has 2 unspecified atom stereocenters. The summed E-state index contributed by atoms with van der Waals surface area (Å²) in [6.45, 7) is 1.05. The van der Waals surface area contributed by atoms with Gasteiger partial charge in [0.05, 0.1) is 7.11 Å². The molecule has 0 saturated heterocycles. The van der Waals surface area contributed by atoms with Crippen LogP contribution in [0.1, 0.15) is 18.6 Å². The molecule has 0 saturated carbocycles. The van der Waals surface area contributed by atoms with Gasteiger partial charge in [-0.25, -0.2) is 24.3 Å². The van der Waals surface area contributed by atoms with E-state index >= 15 is 0 Å². The van der Waals surface area contributed by atoms with Crippen molar-refractivity contribution in [2.24, 2.45) is 5.10 Å². The largest absolute Gasteiger partial charge is 0.480 e. The van der Waals surface area contributed by atoms with E-state index in [0.717, 1.165) is 13.1 Å². The highest BCUT2D eigenvalue weighted by Crippen LogP contribution is 2.24. The Balaban J connectivity index is 2.17. The van der Waals surface area contributed by atoms with Crippen LogP contribution in [0.2, 0.25) is 0 Å². The van der Waals surface area contributed by atoms with Crippen molar-refractivity contribution < 1.29 is 27.4 Å². The molecule has 2 amide bonds. The van der Waals surface area contributed by atoms with E-state index in [9.17, 15) is 22.7 Å². The number of nitrogens with one attached hydrogen (secondary N) is 3. The highest BCUT2D eigenvalue weighted by molar-refractivity contribution is 7.90. The number of ether oxygens (including phenoxy) is 1. The number of carbonyl (C=O) groups is 1. The third-order valence-electron chi connectivity index (χ3n) is 3.11. The molecule has 0 aliphatic carbocycles. The lowest BCUT2D eigenvalue weighted by molar-refractivity contribution is 0.0853. The lowest BCUT2D eigenvalue weighted by atomic mass is 10.1. The number of hydrazine groups is 2. The average molecular weight is 423 g/mol. The second kappa shape index (κ2) is 8.37. The highest BCUT2D eigenvalue weighted by atomic mass is 35.5. The lowest BCUT2D eigenvalue weighted by Crippen LogP contribution is -2.52. The molecule has 2 heterocycles. The molecule has 0 spiro atoms. The van der Waals surface area contributed by atoms with Gasteiger partial charge in [-0.15, -0.1) is 5.23 Å². The summed E-state index contributed by atoms with van der Waals surface area (Å²) in [6, 6.07) is 1.28. The van der Waals surface area contributed by atoms with E-state index < -0.39 is 33.4 Å². The Kier molecular flexibility index (Phi) is 6.41. The van der Waals surface area contributed by atoms with Crippen LogP contribution in [0.15, 0.2) is 39.7 Å². The molecule has 2 atom stereocenters. The number of urea groups is 1. The van der Waals surface area contributed by atoms with Gasteiger partial charge in [0.1, 0.15) is 17.4 Å². The molecule has 1 aliphatic heterocycles. The number of rotatable bonds is 5. The molecule has 1 aliphatic rings. The van der Waals surface area contributed by atoms with Crippen molar-refractivity contribution in [3.63, 3.8) is 0 Å². The predicted molar refractivity (Wildman–Crippen MR) is 92.0 cm³/mol. The number of nitrogens with zero attached hydrogens (tertiary/aromatic N) is 3. The van der Waals surface area contributed by atoms with Gasteiger partial charge >= 0.3 is 6.03 Å². The van der Waals surface area contributed by atoms with Crippen molar-refractivity contribution in [1.29, 1.82) is 0 Å². The first-order valence-electron chi connectivity index (χ1n) is 7.31. The minimum absolute atomic E-state index is 0.0361. The van der Waals surface area contributed by atoms with Gasteiger partial charge in [-0.3, -0.25) is 5.43 Å². The Morgan fingerprint density at radius 2 is 2.22 bits per heavy atom. The van der Waals surface area contributed by atoms with Gasteiger partial charge in [0.2, 0.25) is 5.90 Å². The summed E-state index contributed by atoms with van der Waals surface area (Å²) < 4.78 is 44.7. The second-order valence-corrected chi connectivity index (χ2v) is 7.13. The number of aliphatic hydroxyl groups excluding tert-OH is 1. The zero-order chi connectivity index (χ0) is 20.2. The van der Waals surface area contributed by atoms with Crippen LogP contribution in [0.5, 0.6) is 0 Å². The second-order valence-electron chi connectivity index (χ2n) is 5.12. The summed E-state index contributed by atoms with van der Waals surface area (Å²) >= 11 is 5.77. The fraction of sp³-hybridized carbons (Fsp3) is 0.308. The zero-order valence-corrected chi connectivity index (χ0v) is 15.6. The minimum Gasteiger partial charge on any atom is -0.480 e. The standard InChI is InChI=1S/C13H16ClFN6O5S/c1-7(15)11(22)8-4-3-5-16-12(8)27(24,25)20-13(23)19-21-17-9(14)6-10(18-21)26-2/h3-7,11,17,22H,1-2H3,(H2,19,20,23). The van der Waals surface area contributed by atoms with Crippen LogP contribution in [0.25, 0.3) is 0 Å². The van der Waals surface area contributed by atoms with Crippen LogP contribution in [-0.4, -0.2) is 48.9 Å². The topological polar surface area (TPSA) is 145 Å². The fourth-order valence-corrected chi connectivity index (χ4v) is 3.20. The molecular weight excluding hydrogens is 407 g/mol. The van der Waals surface area contributed by atoms with Crippen LogP contribution in [0, 0.1) is 0 Å². The number of methoxy groups -OCH3 is 1. The van der Waals surface area contributed by atoms with Crippen molar-refractivity contribution in [2.45, 2.75) is 24.2 Å². The van der Waals surface area contributed by atoms with Crippen molar-refractivity contribution in [3.05, 3.63) is 35.1 Å². The Hall–Kier alpha value is -2.64. The van der Waals surface area contributed by atoms with Crippen LogP contribution in [0.4, 0.5) is 9.18 Å². The number of aliphatic hydroxyl groups is 1. The smallest absolute Gasteiger partial charge is 0.350 e. The summed E-state index contributed by atoms with van der Waals surface area (Å²) in [4.78, 5) is 15.6. The number of hydrogen-bond donors (Lipinski definition) is 4. The van der Waals surface area contributed by atoms with E-state index in [1.165, 1.54) is 25.3 Å². The molecule has 0 bridgehead atoms. The maximum Gasteiger partial charge on any atom is 0.350 e. The molecule has 0 radical (unpaired) electrons. The van der Waals surface area contributed by atoms with Crippen LogP contribution in [0.3, 0.4) is 0 Å². The highest BCUT2D eigenvalue weighted by Gasteiger charge is 2.29. The fourth-order valence-electron chi connectivity index (χ4n) is 1.94. The summed E-state index contributed by atoms with van der Waals surface area (Å²) in [6.07, 6.45) is -1.06. The van der Waals surface area contributed by atoms with E-state index in [1.807, 2.05) is 5.43 Å². The Labute approximate surface area is 158 Å². The number of amides is 2. The minimum atomic E-state index is -4.53. The predicted octanol–water partition coefficient (Wildman–Crippen LogP) is 0.236. The number of carbonyl (C=O) groups excluding carboxylic acids is 1. The molecule has 1 aromatic heterocycles. The molecular formula is C13H16ClFN6O5S. The van der Waals surface area contributed by atoms with Gasteiger partial charge in [0.15, 0.2) is 5.03 Å². The number of hydrogen-bond acceptors (Lipinski definition) is 9. The van der Waals surface area contributed by atoms with Crippen LogP contribution in [-0.2, 0) is 14.8 Å². The molecule has 148 valence electrons. The summed E-state index contributed by atoms with van der Waals surface area (Å²) in [5, 5.41) is 13.6. The SMILES string of the molecule is COC1=NN(NC(=O)NS(=O)(=O)c2ncccc2C(O)C(C)F)NC(Cl)=C1. The number of halogens is 2. The number of hydrazone groups is 1. The van der Waals surface area contributed by atoms with E-state index in [1.54, 1.807) is 4.72 Å². The monoisotopic (exact) mass is 422 g/mol. The number of sulfonamides is 1. The van der Waals surface area contributed by atoms with Crippen LogP contribution >= 0.6 is 11.6 Å². The van der Waals surface area contributed by atoms with Crippen molar-refractivity contribution >= 4 is 33.6 Å². The van der Waals surface area contributed by atoms with Crippen LogP contribution < -0.4 is 15.6 Å². The number of aromatic nitrogens is 1. The maximum absolute atomic E-state index is 13.4. The summed E-state index contributed by atoms with van der Waals surface area (Å²) in [7, 11) is -3.22. The number of alkyl halides is 1. The average Bonchev–Trinajstić information content (AvgIpc) is 2.59. The molecule has 0 aromatic carbocycles. The van der Waals surface area contributed by atoms with Crippen molar-refractivity contribution in [3.8, 4) is 0 Å².